The van der Waals surface area contributed by atoms with Gasteiger partial charge in [0.15, 0.2) is 23.3 Å². The van der Waals surface area contributed by atoms with Gasteiger partial charge >= 0.3 is 0 Å². The van der Waals surface area contributed by atoms with Gasteiger partial charge in [0.2, 0.25) is 11.6 Å². The number of hydrogen-bond donors (Lipinski definition) is 0. The summed E-state index contributed by atoms with van der Waals surface area (Å²) in [4.78, 5) is 3.67. The summed E-state index contributed by atoms with van der Waals surface area (Å²) in [7, 11) is 0. The molecular formula is C14H5F5N2O. The molecule has 0 fully saturated rings. The summed E-state index contributed by atoms with van der Waals surface area (Å²) < 4.78 is 71.4. The summed E-state index contributed by atoms with van der Waals surface area (Å²) in [5.74, 6) is -11.3. The highest BCUT2D eigenvalue weighted by Crippen LogP contribution is 2.31. The van der Waals surface area contributed by atoms with Crippen molar-refractivity contribution in [2.45, 2.75) is 0 Å². The zero-order chi connectivity index (χ0) is 15.9. The first kappa shape index (κ1) is 14.2. The average molecular weight is 312 g/mol. The molecule has 3 nitrogen and oxygen atoms in total. The standard InChI is InChI=1S/C14H5F5N2O/c15-8-7(9(16)11(18)12(19)10(8)17)13-20-14(22-21-13)6-4-2-1-3-5-6/h1-5H. The van der Waals surface area contributed by atoms with Crippen molar-refractivity contribution in [2.24, 2.45) is 0 Å². The van der Waals surface area contributed by atoms with Gasteiger partial charge in [-0.2, -0.15) is 4.98 Å². The highest BCUT2D eigenvalue weighted by molar-refractivity contribution is 5.61. The van der Waals surface area contributed by atoms with Gasteiger partial charge < -0.3 is 4.52 Å². The summed E-state index contributed by atoms with van der Waals surface area (Å²) >= 11 is 0. The first-order valence-corrected chi connectivity index (χ1v) is 5.91. The summed E-state index contributed by atoms with van der Waals surface area (Å²) in [6.45, 7) is 0. The highest BCUT2D eigenvalue weighted by atomic mass is 19.2. The molecule has 1 heterocycles. The van der Waals surface area contributed by atoms with E-state index in [1.165, 1.54) is 0 Å². The summed E-state index contributed by atoms with van der Waals surface area (Å²) in [5.41, 5.74) is -0.799. The molecule has 8 heteroatoms. The summed E-state index contributed by atoms with van der Waals surface area (Å²) in [6, 6.07) is 8.17. The van der Waals surface area contributed by atoms with Crippen molar-refractivity contribution in [3.8, 4) is 22.8 Å². The van der Waals surface area contributed by atoms with Gasteiger partial charge in [-0.05, 0) is 12.1 Å². The molecule has 0 aliphatic rings. The molecule has 0 saturated heterocycles. The lowest BCUT2D eigenvalue weighted by Crippen LogP contribution is -2.04. The molecule has 0 aliphatic carbocycles. The molecule has 3 rings (SSSR count). The van der Waals surface area contributed by atoms with Gasteiger partial charge in [-0.1, -0.05) is 23.4 Å². The Hall–Kier alpha value is -2.77. The fourth-order valence-electron chi connectivity index (χ4n) is 1.82. The van der Waals surface area contributed by atoms with Crippen molar-refractivity contribution in [3.05, 3.63) is 59.4 Å². The molecule has 0 bridgehead atoms. The Balaban J connectivity index is 2.16. The maximum absolute atomic E-state index is 13.7. The van der Waals surface area contributed by atoms with Crippen LogP contribution in [0.2, 0.25) is 0 Å². The van der Waals surface area contributed by atoms with E-state index in [0.29, 0.717) is 5.56 Å². The Morgan fingerprint density at radius 2 is 1.27 bits per heavy atom. The van der Waals surface area contributed by atoms with Crippen LogP contribution in [-0.2, 0) is 0 Å². The molecule has 0 saturated carbocycles. The van der Waals surface area contributed by atoms with Crippen molar-refractivity contribution >= 4 is 0 Å². The van der Waals surface area contributed by atoms with Gasteiger partial charge in [-0.3, -0.25) is 0 Å². The number of aromatic nitrogens is 2. The number of halogens is 5. The fraction of sp³-hybridized carbons (Fsp3) is 0. The zero-order valence-corrected chi connectivity index (χ0v) is 10.6. The second-order valence-electron chi connectivity index (χ2n) is 4.23. The lowest BCUT2D eigenvalue weighted by atomic mass is 10.1. The molecule has 0 N–H and O–H groups in total. The largest absolute Gasteiger partial charge is 0.334 e. The Labute approximate surface area is 120 Å². The molecule has 0 aliphatic heterocycles. The van der Waals surface area contributed by atoms with E-state index in [-0.39, 0.29) is 5.89 Å². The third-order valence-electron chi connectivity index (χ3n) is 2.88. The van der Waals surface area contributed by atoms with E-state index in [2.05, 4.69) is 10.1 Å². The van der Waals surface area contributed by atoms with Crippen LogP contribution >= 0.6 is 0 Å². The van der Waals surface area contributed by atoms with Crippen LogP contribution < -0.4 is 0 Å². The molecule has 0 radical (unpaired) electrons. The van der Waals surface area contributed by atoms with E-state index in [4.69, 9.17) is 4.52 Å². The molecule has 0 atom stereocenters. The van der Waals surface area contributed by atoms with E-state index in [0.717, 1.165) is 0 Å². The summed E-state index contributed by atoms with van der Waals surface area (Å²) in [6.07, 6.45) is 0. The van der Waals surface area contributed by atoms with Crippen molar-refractivity contribution in [2.75, 3.05) is 0 Å². The normalized spacial score (nSPS) is 11.0. The SMILES string of the molecule is Fc1c(F)c(F)c(-c2noc(-c3ccccc3)n2)c(F)c1F. The molecule has 0 unspecified atom stereocenters. The van der Waals surface area contributed by atoms with Gasteiger partial charge in [-0.25, -0.2) is 22.0 Å². The third-order valence-corrected chi connectivity index (χ3v) is 2.88. The Morgan fingerprint density at radius 1 is 0.727 bits per heavy atom. The number of hydrogen-bond acceptors (Lipinski definition) is 3. The minimum absolute atomic E-state index is 0.112. The molecule has 0 spiro atoms. The second-order valence-corrected chi connectivity index (χ2v) is 4.23. The van der Waals surface area contributed by atoms with Gasteiger partial charge in [0, 0.05) is 5.56 Å². The van der Waals surface area contributed by atoms with Crippen LogP contribution in [0.4, 0.5) is 22.0 Å². The monoisotopic (exact) mass is 312 g/mol. The summed E-state index contributed by atoms with van der Waals surface area (Å²) in [5, 5.41) is 3.27. The molecule has 3 aromatic rings. The van der Waals surface area contributed by atoms with E-state index < -0.39 is 40.5 Å². The van der Waals surface area contributed by atoms with Crippen LogP contribution in [0.3, 0.4) is 0 Å². The third kappa shape index (κ3) is 2.12. The predicted molar refractivity (Wildman–Crippen MR) is 65.0 cm³/mol. The van der Waals surface area contributed by atoms with E-state index in [1.54, 1.807) is 30.3 Å². The van der Waals surface area contributed by atoms with E-state index in [9.17, 15) is 22.0 Å². The number of nitrogens with zero attached hydrogens (tertiary/aromatic N) is 2. The van der Waals surface area contributed by atoms with Crippen LogP contribution in [0.5, 0.6) is 0 Å². The first-order chi connectivity index (χ1) is 10.5. The molecule has 2 aromatic carbocycles. The van der Waals surface area contributed by atoms with Crippen LogP contribution in [0.1, 0.15) is 0 Å². The minimum Gasteiger partial charge on any atom is -0.334 e. The average Bonchev–Trinajstić information content (AvgIpc) is 3.02. The van der Waals surface area contributed by atoms with Crippen LogP contribution in [-0.4, -0.2) is 10.1 Å². The Morgan fingerprint density at radius 3 is 1.86 bits per heavy atom. The Kier molecular flexibility index (Phi) is 3.36. The second kappa shape index (κ2) is 5.21. The maximum Gasteiger partial charge on any atom is 0.258 e. The number of benzene rings is 2. The molecular weight excluding hydrogens is 307 g/mol. The molecule has 1 aromatic heterocycles. The zero-order valence-electron chi connectivity index (χ0n) is 10.6. The van der Waals surface area contributed by atoms with E-state index in [1.807, 2.05) is 0 Å². The fourth-order valence-corrected chi connectivity index (χ4v) is 1.82. The van der Waals surface area contributed by atoms with Gasteiger partial charge in [-0.15, -0.1) is 0 Å². The van der Waals surface area contributed by atoms with Crippen LogP contribution in [0, 0.1) is 29.1 Å². The highest BCUT2D eigenvalue weighted by Gasteiger charge is 2.29. The molecule has 22 heavy (non-hydrogen) atoms. The lowest BCUT2D eigenvalue weighted by Gasteiger charge is -2.04. The van der Waals surface area contributed by atoms with Crippen molar-refractivity contribution in [1.82, 2.24) is 10.1 Å². The van der Waals surface area contributed by atoms with Gasteiger partial charge in [0.25, 0.3) is 5.89 Å². The van der Waals surface area contributed by atoms with Crippen LogP contribution in [0.15, 0.2) is 34.9 Å². The van der Waals surface area contributed by atoms with Gasteiger partial charge in [0.05, 0.1) is 0 Å². The molecule has 112 valence electrons. The van der Waals surface area contributed by atoms with Crippen LogP contribution in [0.25, 0.3) is 22.8 Å². The smallest absolute Gasteiger partial charge is 0.258 e. The van der Waals surface area contributed by atoms with Crippen molar-refractivity contribution < 1.29 is 26.5 Å². The maximum atomic E-state index is 13.7. The topological polar surface area (TPSA) is 38.9 Å². The minimum atomic E-state index is -2.24. The number of rotatable bonds is 2. The van der Waals surface area contributed by atoms with Crippen molar-refractivity contribution in [1.29, 1.82) is 0 Å². The predicted octanol–water partition coefficient (Wildman–Crippen LogP) is 4.10. The lowest BCUT2D eigenvalue weighted by molar-refractivity contribution is 0.379. The first-order valence-electron chi connectivity index (χ1n) is 5.91. The Bertz CT molecular complexity index is 819. The molecule has 0 amide bonds. The van der Waals surface area contributed by atoms with Gasteiger partial charge in [0.1, 0.15) is 5.56 Å². The van der Waals surface area contributed by atoms with Crippen molar-refractivity contribution in [3.63, 3.8) is 0 Å². The quantitative estimate of drug-likeness (QED) is 0.406. The van der Waals surface area contributed by atoms with E-state index >= 15 is 0 Å².